The minimum Gasteiger partial charge on any atom is -0.392 e. The number of aliphatic hydroxyl groups is 1. The largest absolute Gasteiger partial charge is 0.392 e. The number of aromatic nitrogens is 3. The standard InChI is InChI=1S/C15H16ClN3OS/c16-12-7-9(8-20)1-6-13(12)21-15-18-17-14(10-2-3-10)19(15)11-4-5-11/h1,6-7,10-11,20H,2-5,8H2. The van der Waals surface area contributed by atoms with Crippen molar-refractivity contribution in [2.24, 2.45) is 0 Å². The third-order valence-corrected chi connectivity index (χ3v) is 5.39. The molecule has 2 aliphatic carbocycles. The Labute approximate surface area is 132 Å². The smallest absolute Gasteiger partial charge is 0.196 e. The van der Waals surface area contributed by atoms with Crippen molar-refractivity contribution >= 4 is 23.4 Å². The van der Waals surface area contributed by atoms with Crippen LogP contribution in [-0.2, 0) is 6.61 Å². The second-order valence-electron chi connectivity index (χ2n) is 5.74. The van der Waals surface area contributed by atoms with E-state index < -0.39 is 0 Å². The molecule has 1 aromatic carbocycles. The summed E-state index contributed by atoms with van der Waals surface area (Å²) in [5.41, 5.74) is 0.826. The molecule has 4 rings (SSSR count). The van der Waals surface area contributed by atoms with E-state index in [-0.39, 0.29) is 6.61 Å². The van der Waals surface area contributed by atoms with Crippen molar-refractivity contribution in [2.45, 2.75) is 54.3 Å². The van der Waals surface area contributed by atoms with Crippen molar-refractivity contribution in [3.05, 3.63) is 34.6 Å². The summed E-state index contributed by atoms with van der Waals surface area (Å²) in [6, 6.07) is 6.23. The van der Waals surface area contributed by atoms with E-state index in [1.165, 1.54) is 25.7 Å². The van der Waals surface area contributed by atoms with Gasteiger partial charge in [0.1, 0.15) is 5.82 Å². The van der Waals surface area contributed by atoms with Gasteiger partial charge in [0.15, 0.2) is 5.16 Å². The molecule has 110 valence electrons. The van der Waals surface area contributed by atoms with Crippen LogP contribution < -0.4 is 0 Å². The van der Waals surface area contributed by atoms with E-state index in [1.54, 1.807) is 11.8 Å². The second-order valence-corrected chi connectivity index (χ2v) is 7.16. The average molecular weight is 322 g/mol. The van der Waals surface area contributed by atoms with Crippen LogP contribution in [0.25, 0.3) is 0 Å². The molecule has 0 aliphatic heterocycles. The Hall–Kier alpha value is -1.04. The lowest BCUT2D eigenvalue weighted by Gasteiger charge is -2.09. The summed E-state index contributed by atoms with van der Waals surface area (Å²) >= 11 is 7.87. The predicted octanol–water partition coefficient (Wildman–Crippen LogP) is 3.79. The number of nitrogens with zero attached hydrogens (tertiary/aromatic N) is 3. The summed E-state index contributed by atoms with van der Waals surface area (Å²) in [7, 11) is 0. The second kappa shape index (κ2) is 5.30. The van der Waals surface area contributed by atoms with E-state index in [0.717, 1.165) is 21.4 Å². The Bertz CT molecular complexity index is 680. The summed E-state index contributed by atoms with van der Waals surface area (Å²) in [5.74, 6) is 1.77. The minimum absolute atomic E-state index is 0.00868. The Morgan fingerprint density at radius 2 is 2.05 bits per heavy atom. The molecule has 1 aromatic heterocycles. The fourth-order valence-corrected chi connectivity index (χ4v) is 3.71. The maximum Gasteiger partial charge on any atom is 0.196 e. The monoisotopic (exact) mass is 321 g/mol. The van der Waals surface area contributed by atoms with Crippen LogP contribution in [0.2, 0.25) is 5.02 Å². The van der Waals surface area contributed by atoms with Gasteiger partial charge in [0.05, 0.1) is 11.6 Å². The maximum atomic E-state index is 9.15. The molecule has 2 fully saturated rings. The summed E-state index contributed by atoms with van der Waals surface area (Å²) < 4.78 is 2.32. The van der Waals surface area contributed by atoms with Gasteiger partial charge in [-0.1, -0.05) is 17.7 Å². The molecule has 6 heteroatoms. The van der Waals surface area contributed by atoms with Crippen LogP contribution in [0.4, 0.5) is 0 Å². The van der Waals surface area contributed by atoms with Crippen LogP contribution in [0.1, 0.15) is 49.0 Å². The molecule has 0 saturated heterocycles. The molecule has 0 amide bonds. The third kappa shape index (κ3) is 2.70. The van der Waals surface area contributed by atoms with Crippen LogP contribution in [0, 0.1) is 0 Å². The highest BCUT2D eigenvalue weighted by Gasteiger charge is 2.36. The SMILES string of the molecule is OCc1ccc(Sc2nnc(C3CC3)n2C2CC2)c(Cl)c1. The molecule has 4 nitrogen and oxygen atoms in total. The van der Waals surface area contributed by atoms with Gasteiger partial charge in [0.25, 0.3) is 0 Å². The molecule has 0 atom stereocenters. The first-order valence-corrected chi connectivity index (χ1v) is 8.47. The average Bonchev–Trinajstić information content (AvgIpc) is 3.40. The summed E-state index contributed by atoms with van der Waals surface area (Å²) in [6.07, 6.45) is 4.92. The lowest BCUT2D eigenvalue weighted by Crippen LogP contribution is -2.01. The third-order valence-electron chi connectivity index (χ3n) is 3.93. The van der Waals surface area contributed by atoms with Gasteiger partial charge < -0.3 is 9.67 Å². The van der Waals surface area contributed by atoms with E-state index in [4.69, 9.17) is 16.7 Å². The van der Waals surface area contributed by atoms with Crippen molar-refractivity contribution < 1.29 is 5.11 Å². The van der Waals surface area contributed by atoms with Gasteiger partial charge in [-0.25, -0.2) is 0 Å². The zero-order valence-electron chi connectivity index (χ0n) is 11.5. The number of hydrogen-bond acceptors (Lipinski definition) is 4. The van der Waals surface area contributed by atoms with Crippen molar-refractivity contribution in [3.8, 4) is 0 Å². The zero-order valence-corrected chi connectivity index (χ0v) is 13.1. The number of hydrogen-bond donors (Lipinski definition) is 1. The van der Waals surface area contributed by atoms with Crippen LogP contribution in [0.5, 0.6) is 0 Å². The number of benzene rings is 1. The summed E-state index contributed by atoms with van der Waals surface area (Å²) in [5, 5.41) is 19.5. The first kappa shape index (κ1) is 13.6. The molecule has 1 heterocycles. The highest BCUT2D eigenvalue weighted by atomic mass is 35.5. The van der Waals surface area contributed by atoms with Gasteiger partial charge in [0.2, 0.25) is 0 Å². The fraction of sp³-hybridized carbons (Fsp3) is 0.467. The number of halogens is 1. The van der Waals surface area contributed by atoms with Gasteiger partial charge in [-0.05, 0) is 55.1 Å². The van der Waals surface area contributed by atoms with Crippen molar-refractivity contribution in [1.29, 1.82) is 0 Å². The first-order valence-electron chi connectivity index (χ1n) is 7.28. The van der Waals surface area contributed by atoms with Crippen molar-refractivity contribution in [3.63, 3.8) is 0 Å². The van der Waals surface area contributed by atoms with Crippen LogP contribution >= 0.6 is 23.4 Å². The fourth-order valence-electron chi connectivity index (χ4n) is 2.48. The highest BCUT2D eigenvalue weighted by Crippen LogP contribution is 2.47. The van der Waals surface area contributed by atoms with E-state index in [9.17, 15) is 0 Å². The van der Waals surface area contributed by atoms with Gasteiger partial charge in [-0.3, -0.25) is 0 Å². The first-order chi connectivity index (χ1) is 10.3. The van der Waals surface area contributed by atoms with Crippen molar-refractivity contribution in [1.82, 2.24) is 14.8 Å². The Morgan fingerprint density at radius 3 is 2.67 bits per heavy atom. The van der Waals surface area contributed by atoms with E-state index in [0.29, 0.717) is 17.0 Å². The van der Waals surface area contributed by atoms with Gasteiger partial charge >= 0.3 is 0 Å². The van der Waals surface area contributed by atoms with Crippen LogP contribution in [-0.4, -0.2) is 19.9 Å². The van der Waals surface area contributed by atoms with Crippen LogP contribution in [0.15, 0.2) is 28.3 Å². The van der Waals surface area contributed by atoms with E-state index >= 15 is 0 Å². The number of rotatable bonds is 5. The molecule has 0 bridgehead atoms. The Balaban J connectivity index is 1.65. The summed E-state index contributed by atoms with van der Waals surface area (Å²) in [4.78, 5) is 0.963. The van der Waals surface area contributed by atoms with Gasteiger partial charge in [-0.2, -0.15) is 0 Å². The molecule has 0 spiro atoms. The Kier molecular flexibility index (Phi) is 3.44. The quantitative estimate of drug-likeness (QED) is 0.910. The molecular formula is C15H16ClN3OS. The van der Waals surface area contributed by atoms with E-state index in [1.807, 2.05) is 18.2 Å². The normalized spacial score (nSPS) is 18.2. The van der Waals surface area contributed by atoms with Gasteiger partial charge in [0, 0.05) is 16.9 Å². The number of aliphatic hydroxyl groups excluding tert-OH is 1. The maximum absolute atomic E-state index is 9.15. The molecule has 0 unspecified atom stereocenters. The lowest BCUT2D eigenvalue weighted by molar-refractivity contribution is 0.282. The van der Waals surface area contributed by atoms with Crippen molar-refractivity contribution in [2.75, 3.05) is 0 Å². The van der Waals surface area contributed by atoms with E-state index in [2.05, 4.69) is 14.8 Å². The zero-order chi connectivity index (χ0) is 14.4. The lowest BCUT2D eigenvalue weighted by atomic mass is 10.2. The molecule has 2 aliphatic rings. The molecule has 21 heavy (non-hydrogen) atoms. The topological polar surface area (TPSA) is 50.9 Å². The minimum atomic E-state index is 0.00868. The molecule has 2 aromatic rings. The predicted molar refractivity (Wildman–Crippen MR) is 81.8 cm³/mol. The molecular weight excluding hydrogens is 306 g/mol. The molecule has 2 saturated carbocycles. The summed E-state index contributed by atoms with van der Waals surface area (Å²) in [6.45, 7) is 0.00868. The highest BCUT2D eigenvalue weighted by molar-refractivity contribution is 7.99. The molecule has 1 N–H and O–H groups in total. The Morgan fingerprint density at radius 1 is 1.24 bits per heavy atom. The van der Waals surface area contributed by atoms with Crippen LogP contribution in [0.3, 0.4) is 0 Å². The molecule has 0 radical (unpaired) electrons. The van der Waals surface area contributed by atoms with Gasteiger partial charge in [-0.15, -0.1) is 10.2 Å².